The lowest BCUT2D eigenvalue weighted by Crippen LogP contribution is -2.24. The summed E-state index contributed by atoms with van der Waals surface area (Å²) in [5.41, 5.74) is 18.1. The average molecular weight is 847 g/mol. The largest absolute Gasteiger partial charge is 0.455 e. The van der Waals surface area contributed by atoms with Crippen molar-refractivity contribution in [3.05, 3.63) is 247 Å². The SMILES string of the molecule is C/C1=C(\c2ccc(-c3ccc4ccccc4c3)cc2)NC(c2ccc(-c3cccc4oc5c(-c6cccc(-c7ccccc7)c6)cccc5c34)c3ccccc23)N=C(c2ccccc2)CC1. The Kier molecular flexibility index (Phi) is 9.95. The van der Waals surface area contributed by atoms with Gasteiger partial charge in [-0.1, -0.05) is 206 Å². The highest BCUT2D eigenvalue weighted by Gasteiger charge is 2.24. The molecule has 12 rings (SSSR count). The van der Waals surface area contributed by atoms with Crippen molar-refractivity contribution in [2.75, 3.05) is 0 Å². The van der Waals surface area contributed by atoms with Crippen LogP contribution in [0.2, 0.25) is 0 Å². The molecule has 0 spiro atoms. The van der Waals surface area contributed by atoms with Gasteiger partial charge in [0, 0.05) is 33.3 Å². The van der Waals surface area contributed by atoms with Crippen LogP contribution in [0.4, 0.5) is 0 Å². The highest BCUT2D eigenvalue weighted by Crippen LogP contribution is 2.44. The van der Waals surface area contributed by atoms with Crippen molar-refractivity contribution in [2.45, 2.75) is 25.9 Å². The van der Waals surface area contributed by atoms with Gasteiger partial charge in [0.25, 0.3) is 0 Å². The zero-order chi connectivity index (χ0) is 44.0. The molecule has 2 heterocycles. The molecule has 0 bridgehead atoms. The molecule has 3 nitrogen and oxygen atoms in total. The molecule has 1 unspecified atom stereocenters. The minimum Gasteiger partial charge on any atom is -0.455 e. The number of benzene rings is 10. The molecule has 3 heteroatoms. The van der Waals surface area contributed by atoms with E-state index in [1.165, 1.54) is 44.0 Å². The normalized spacial score (nSPS) is 15.4. The quantitative estimate of drug-likeness (QED) is 0.173. The molecule has 0 amide bonds. The van der Waals surface area contributed by atoms with Crippen LogP contribution in [0.3, 0.4) is 0 Å². The molecule has 0 radical (unpaired) electrons. The standard InChI is InChI=1S/C63H46N2O/c1-41-29-38-58(45-18-6-3-7-19-45)64-63(65-61(41)46-33-30-44(31-34-46)49-35-32-43-17-8-9-20-47(43)39-49)56-37-36-54(52-23-10-11-24-53(52)56)55-26-14-28-59-60(55)57-27-13-25-51(62(57)66-59)50-22-12-21-48(40-50)42-15-4-2-5-16-42/h2-28,30-37,39-40,63,65H,29,38H2,1H3/b61-41-,64-58?. The minimum absolute atomic E-state index is 0.343. The van der Waals surface area contributed by atoms with Crippen molar-refractivity contribution in [1.82, 2.24) is 5.32 Å². The van der Waals surface area contributed by atoms with Gasteiger partial charge >= 0.3 is 0 Å². The first-order chi connectivity index (χ1) is 32.6. The second kappa shape index (κ2) is 16.7. The van der Waals surface area contributed by atoms with E-state index in [1.54, 1.807) is 0 Å². The van der Waals surface area contributed by atoms with Crippen molar-refractivity contribution in [2.24, 2.45) is 4.99 Å². The number of nitrogens with zero attached hydrogens (tertiary/aromatic N) is 1. The molecule has 1 aliphatic rings. The fourth-order valence-corrected chi connectivity index (χ4v) is 10.1. The molecule has 11 aromatic rings. The first-order valence-electron chi connectivity index (χ1n) is 22.9. The zero-order valence-electron chi connectivity index (χ0n) is 36.7. The minimum atomic E-state index is -0.343. The molecule has 1 aromatic heterocycles. The van der Waals surface area contributed by atoms with Crippen LogP contribution in [0, 0.1) is 0 Å². The monoisotopic (exact) mass is 846 g/mol. The van der Waals surface area contributed by atoms with Gasteiger partial charge in [0.05, 0.1) is 0 Å². The van der Waals surface area contributed by atoms with E-state index in [9.17, 15) is 0 Å². The van der Waals surface area contributed by atoms with Gasteiger partial charge in [0.15, 0.2) is 0 Å². The number of hydrogen-bond donors (Lipinski definition) is 1. The molecule has 0 aliphatic carbocycles. The Bertz CT molecular complexity index is 3670. The molecular weight excluding hydrogens is 801 g/mol. The van der Waals surface area contributed by atoms with E-state index in [-0.39, 0.29) is 6.17 Å². The lowest BCUT2D eigenvalue weighted by atomic mass is 9.90. The van der Waals surface area contributed by atoms with E-state index >= 15 is 0 Å². The predicted octanol–water partition coefficient (Wildman–Crippen LogP) is 16.9. The van der Waals surface area contributed by atoms with Crippen LogP contribution in [0.1, 0.15) is 42.6 Å². The van der Waals surface area contributed by atoms with Crippen LogP contribution in [0.5, 0.6) is 0 Å². The fourth-order valence-electron chi connectivity index (χ4n) is 10.1. The maximum atomic E-state index is 6.84. The van der Waals surface area contributed by atoms with Gasteiger partial charge in [-0.05, 0) is 115 Å². The number of aliphatic imine (C=N–C) groups is 1. The first kappa shape index (κ1) is 39.3. The topological polar surface area (TPSA) is 37.5 Å². The molecule has 66 heavy (non-hydrogen) atoms. The predicted molar refractivity (Wildman–Crippen MR) is 278 cm³/mol. The lowest BCUT2D eigenvalue weighted by molar-refractivity contribution is 0.661. The number of furan rings is 1. The molecule has 10 aromatic carbocycles. The summed E-state index contributed by atoms with van der Waals surface area (Å²) in [6, 6.07) is 80.7. The Hall–Kier alpha value is -8.27. The number of rotatable bonds is 7. The van der Waals surface area contributed by atoms with E-state index in [0.29, 0.717) is 0 Å². The van der Waals surface area contributed by atoms with Gasteiger partial charge in [-0.3, -0.25) is 4.99 Å². The van der Waals surface area contributed by atoms with Crippen LogP contribution in [-0.2, 0) is 0 Å². The molecule has 0 saturated heterocycles. The number of nitrogens with one attached hydrogen (secondary N) is 1. The van der Waals surface area contributed by atoms with Crippen LogP contribution in [0.25, 0.3) is 93.7 Å². The zero-order valence-corrected chi connectivity index (χ0v) is 36.7. The summed E-state index contributed by atoms with van der Waals surface area (Å²) in [5, 5.41) is 11.1. The Morgan fingerprint density at radius 3 is 1.86 bits per heavy atom. The number of allylic oxidation sites excluding steroid dienone is 1. The van der Waals surface area contributed by atoms with Gasteiger partial charge in [-0.2, -0.15) is 0 Å². The average Bonchev–Trinajstić information content (AvgIpc) is 3.78. The summed E-state index contributed by atoms with van der Waals surface area (Å²) < 4.78 is 6.84. The third kappa shape index (κ3) is 7.16. The van der Waals surface area contributed by atoms with Crippen molar-refractivity contribution < 1.29 is 4.42 Å². The summed E-state index contributed by atoms with van der Waals surface area (Å²) in [4.78, 5) is 5.64. The van der Waals surface area contributed by atoms with E-state index in [2.05, 4.69) is 237 Å². The van der Waals surface area contributed by atoms with Crippen molar-refractivity contribution in [3.63, 3.8) is 0 Å². The summed E-state index contributed by atoms with van der Waals surface area (Å²) in [6.07, 6.45) is 1.40. The van der Waals surface area contributed by atoms with E-state index in [1.807, 2.05) is 0 Å². The Labute approximate surface area is 385 Å². The third-order valence-electron chi connectivity index (χ3n) is 13.4. The molecular formula is C63H46N2O. The third-order valence-corrected chi connectivity index (χ3v) is 13.4. The van der Waals surface area contributed by atoms with Gasteiger partial charge in [0.1, 0.15) is 17.3 Å². The lowest BCUT2D eigenvalue weighted by Gasteiger charge is -2.27. The number of fused-ring (bicyclic) bond motifs is 5. The second-order valence-corrected chi connectivity index (χ2v) is 17.4. The maximum Gasteiger partial charge on any atom is 0.145 e. The summed E-state index contributed by atoms with van der Waals surface area (Å²) in [7, 11) is 0. The van der Waals surface area contributed by atoms with Gasteiger partial charge in [-0.15, -0.1) is 0 Å². The highest BCUT2D eigenvalue weighted by atomic mass is 16.3. The number of para-hydroxylation sites is 1. The molecule has 0 saturated carbocycles. The molecule has 0 fully saturated rings. The molecule has 1 N–H and O–H groups in total. The smallest absolute Gasteiger partial charge is 0.145 e. The Balaban J connectivity index is 0.959. The summed E-state index contributed by atoms with van der Waals surface area (Å²) >= 11 is 0. The second-order valence-electron chi connectivity index (χ2n) is 17.4. The van der Waals surface area contributed by atoms with E-state index in [4.69, 9.17) is 9.41 Å². The summed E-state index contributed by atoms with van der Waals surface area (Å²) in [6.45, 7) is 2.27. The van der Waals surface area contributed by atoms with Crippen molar-refractivity contribution >= 4 is 54.9 Å². The highest BCUT2D eigenvalue weighted by molar-refractivity contribution is 6.18. The summed E-state index contributed by atoms with van der Waals surface area (Å²) in [5.74, 6) is 0. The maximum absolute atomic E-state index is 6.84. The van der Waals surface area contributed by atoms with Crippen molar-refractivity contribution in [1.29, 1.82) is 0 Å². The van der Waals surface area contributed by atoms with E-state index in [0.717, 1.165) is 90.5 Å². The molecule has 314 valence electrons. The fraction of sp³-hybridized carbons (Fsp3) is 0.0635. The first-order valence-corrected chi connectivity index (χ1v) is 22.9. The van der Waals surface area contributed by atoms with Gasteiger partial charge in [0.2, 0.25) is 0 Å². The Morgan fingerprint density at radius 2 is 1.03 bits per heavy atom. The molecule has 1 aliphatic heterocycles. The van der Waals surface area contributed by atoms with Crippen molar-refractivity contribution in [3.8, 4) is 44.5 Å². The van der Waals surface area contributed by atoms with Crippen LogP contribution < -0.4 is 5.32 Å². The van der Waals surface area contributed by atoms with Crippen LogP contribution in [0.15, 0.2) is 239 Å². The number of hydrogen-bond acceptors (Lipinski definition) is 3. The molecule has 1 atom stereocenters. The Morgan fingerprint density at radius 1 is 0.424 bits per heavy atom. The van der Waals surface area contributed by atoms with Crippen LogP contribution >= 0.6 is 0 Å². The van der Waals surface area contributed by atoms with Crippen LogP contribution in [-0.4, -0.2) is 5.71 Å². The van der Waals surface area contributed by atoms with Gasteiger partial charge < -0.3 is 9.73 Å². The van der Waals surface area contributed by atoms with E-state index < -0.39 is 0 Å². The van der Waals surface area contributed by atoms with Gasteiger partial charge in [-0.25, -0.2) is 0 Å².